The minimum Gasteiger partial charge on any atom is -0.494 e. The monoisotopic (exact) mass is 458 g/mol. The number of hydrogen-bond acceptors (Lipinski definition) is 6. The molecule has 0 saturated carbocycles. The predicted molar refractivity (Wildman–Crippen MR) is 124 cm³/mol. The molecule has 0 spiro atoms. The Balaban J connectivity index is 1.60. The summed E-state index contributed by atoms with van der Waals surface area (Å²) < 4.78 is 5.52. The van der Waals surface area contributed by atoms with Gasteiger partial charge in [-0.3, -0.25) is 14.4 Å². The Labute approximate surface area is 195 Å². The molecule has 3 atom stereocenters. The minimum atomic E-state index is -1.12. The summed E-state index contributed by atoms with van der Waals surface area (Å²) in [6, 6.07) is 21.5. The Bertz CT molecular complexity index is 1260. The number of carboxylic acid groups (broad SMARTS) is 1. The second kappa shape index (κ2) is 8.64. The van der Waals surface area contributed by atoms with E-state index in [4.69, 9.17) is 9.57 Å². The lowest BCUT2D eigenvalue weighted by atomic mass is 9.88. The molecule has 0 radical (unpaired) electrons. The Morgan fingerprint density at radius 1 is 0.941 bits per heavy atom. The number of carbonyl (C=O) groups is 3. The van der Waals surface area contributed by atoms with Crippen molar-refractivity contribution in [2.75, 3.05) is 16.6 Å². The Morgan fingerprint density at radius 3 is 2.38 bits per heavy atom. The van der Waals surface area contributed by atoms with E-state index in [1.807, 2.05) is 25.1 Å². The summed E-state index contributed by atoms with van der Waals surface area (Å²) in [5.74, 6) is -2.46. The topological polar surface area (TPSA) is 96.4 Å². The van der Waals surface area contributed by atoms with Crippen LogP contribution in [0.4, 0.5) is 11.4 Å². The van der Waals surface area contributed by atoms with Gasteiger partial charge in [0.05, 0.1) is 29.6 Å². The third kappa shape index (κ3) is 3.48. The molecule has 8 nitrogen and oxygen atoms in total. The van der Waals surface area contributed by atoms with Crippen LogP contribution in [0.1, 0.15) is 28.9 Å². The Kier molecular flexibility index (Phi) is 5.51. The van der Waals surface area contributed by atoms with Crippen molar-refractivity contribution in [3.63, 3.8) is 0 Å². The van der Waals surface area contributed by atoms with Crippen LogP contribution in [0.3, 0.4) is 0 Å². The van der Waals surface area contributed by atoms with Crippen molar-refractivity contribution in [1.29, 1.82) is 0 Å². The number of ether oxygens (including phenoxy) is 1. The Morgan fingerprint density at radius 2 is 1.65 bits per heavy atom. The molecule has 3 aromatic rings. The van der Waals surface area contributed by atoms with Gasteiger partial charge in [0.1, 0.15) is 11.7 Å². The zero-order valence-corrected chi connectivity index (χ0v) is 18.3. The van der Waals surface area contributed by atoms with E-state index in [1.165, 1.54) is 11.1 Å². The third-order valence-corrected chi connectivity index (χ3v) is 6.02. The van der Waals surface area contributed by atoms with Crippen molar-refractivity contribution in [3.8, 4) is 5.75 Å². The highest BCUT2D eigenvalue weighted by Crippen LogP contribution is 2.48. The fraction of sp³-hybridized carbons (Fsp3) is 0.192. The zero-order valence-electron chi connectivity index (χ0n) is 18.3. The predicted octanol–water partition coefficient (Wildman–Crippen LogP) is 3.83. The molecule has 2 heterocycles. The molecule has 0 unspecified atom stereocenters. The smallest absolute Gasteiger partial charge is 0.336 e. The van der Waals surface area contributed by atoms with E-state index in [0.717, 1.165) is 4.90 Å². The highest BCUT2D eigenvalue weighted by atomic mass is 16.7. The highest BCUT2D eigenvalue weighted by molar-refractivity contribution is 6.24. The summed E-state index contributed by atoms with van der Waals surface area (Å²) in [7, 11) is 0. The van der Waals surface area contributed by atoms with Gasteiger partial charge < -0.3 is 9.84 Å². The van der Waals surface area contributed by atoms with E-state index >= 15 is 0 Å². The number of fused-ring (bicyclic) bond motifs is 1. The SMILES string of the molecule is CCOc1cccc(N2C(=O)[C@H]3[C@H](ON(c4ccccc4)[C@@H]3c3ccccc3C(=O)O)C2=O)c1. The van der Waals surface area contributed by atoms with Crippen molar-refractivity contribution in [1.82, 2.24) is 0 Å². The van der Waals surface area contributed by atoms with Crippen molar-refractivity contribution in [2.24, 2.45) is 5.92 Å². The van der Waals surface area contributed by atoms with Crippen LogP contribution in [0.25, 0.3) is 0 Å². The molecule has 2 saturated heterocycles. The number of hydrogen-bond donors (Lipinski definition) is 1. The average molecular weight is 458 g/mol. The summed E-state index contributed by atoms with van der Waals surface area (Å²) >= 11 is 0. The Hall–Kier alpha value is -4.17. The maximum Gasteiger partial charge on any atom is 0.336 e. The molecule has 34 heavy (non-hydrogen) atoms. The van der Waals surface area contributed by atoms with Gasteiger partial charge in [-0.1, -0.05) is 42.5 Å². The molecule has 5 rings (SSSR count). The number of aromatic carboxylic acids is 1. The summed E-state index contributed by atoms with van der Waals surface area (Å²) in [6.45, 7) is 2.29. The molecule has 2 aliphatic rings. The number of nitrogens with zero attached hydrogens (tertiary/aromatic N) is 2. The number of benzene rings is 3. The number of carbonyl (C=O) groups excluding carboxylic acids is 2. The van der Waals surface area contributed by atoms with Gasteiger partial charge in [0.15, 0.2) is 6.10 Å². The maximum absolute atomic E-state index is 13.7. The minimum absolute atomic E-state index is 0.0507. The number of hydroxylamine groups is 1. The molecule has 2 fully saturated rings. The van der Waals surface area contributed by atoms with Crippen LogP contribution in [-0.2, 0) is 14.4 Å². The standard InChI is InChI=1S/C26H22N2O6/c1-2-33-18-12-8-11-17(15-18)27-24(29)21-22(19-13-6-7-14-20(19)26(31)32)28(34-23(21)25(27)30)16-9-4-3-5-10-16/h3-15,21-23H,2H2,1H3,(H,31,32)/t21-,22-,23+/m1/s1. The summed E-state index contributed by atoms with van der Waals surface area (Å²) in [5.41, 5.74) is 1.45. The van der Waals surface area contributed by atoms with Crippen LogP contribution in [0.2, 0.25) is 0 Å². The zero-order chi connectivity index (χ0) is 23.8. The molecular weight excluding hydrogens is 436 g/mol. The first-order chi connectivity index (χ1) is 16.5. The molecule has 1 N–H and O–H groups in total. The average Bonchev–Trinajstić information content (AvgIpc) is 3.36. The molecule has 172 valence electrons. The van der Waals surface area contributed by atoms with E-state index in [-0.39, 0.29) is 5.56 Å². The summed E-state index contributed by atoms with van der Waals surface area (Å²) in [5, 5.41) is 11.3. The molecule has 0 bridgehead atoms. The quantitative estimate of drug-likeness (QED) is 0.561. The number of para-hydroxylation sites is 1. The van der Waals surface area contributed by atoms with Crippen LogP contribution < -0.4 is 14.7 Å². The number of amides is 2. The van der Waals surface area contributed by atoms with E-state index in [2.05, 4.69) is 0 Å². The number of carboxylic acids is 1. The van der Waals surface area contributed by atoms with Gasteiger partial charge in [0.25, 0.3) is 5.91 Å². The molecule has 0 aliphatic carbocycles. The first-order valence-electron chi connectivity index (χ1n) is 10.9. The van der Waals surface area contributed by atoms with Crippen LogP contribution in [0.5, 0.6) is 5.75 Å². The number of imide groups is 1. The fourth-order valence-electron chi connectivity index (χ4n) is 4.61. The van der Waals surface area contributed by atoms with Gasteiger partial charge in [0.2, 0.25) is 5.91 Å². The van der Waals surface area contributed by atoms with Crippen molar-refractivity contribution < 1.29 is 29.1 Å². The second-order valence-corrected chi connectivity index (χ2v) is 7.99. The van der Waals surface area contributed by atoms with E-state index < -0.39 is 35.8 Å². The molecule has 3 aromatic carbocycles. The van der Waals surface area contributed by atoms with Crippen LogP contribution >= 0.6 is 0 Å². The molecule has 0 aromatic heterocycles. The third-order valence-electron chi connectivity index (χ3n) is 6.02. The van der Waals surface area contributed by atoms with Crippen LogP contribution in [0.15, 0.2) is 78.9 Å². The van der Waals surface area contributed by atoms with E-state index in [0.29, 0.717) is 29.3 Å². The summed E-state index contributed by atoms with van der Waals surface area (Å²) in [4.78, 5) is 46.4. The molecule has 8 heteroatoms. The largest absolute Gasteiger partial charge is 0.494 e. The first kappa shape index (κ1) is 21.7. The second-order valence-electron chi connectivity index (χ2n) is 7.99. The normalized spacial score (nSPS) is 21.6. The maximum atomic E-state index is 13.7. The van der Waals surface area contributed by atoms with Crippen molar-refractivity contribution in [2.45, 2.75) is 19.1 Å². The van der Waals surface area contributed by atoms with Gasteiger partial charge in [-0.2, -0.15) is 0 Å². The van der Waals surface area contributed by atoms with Gasteiger partial charge in [0, 0.05) is 6.07 Å². The summed E-state index contributed by atoms with van der Waals surface area (Å²) in [6.07, 6.45) is -1.09. The highest BCUT2D eigenvalue weighted by Gasteiger charge is 2.60. The van der Waals surface area contributed by atoms with E-state index in [1.54, 1.807) is 54.6 Å². The molecule has 2 aliphatic heterocycles. The number of rotatable bonds is 6. The van der Waals surface area contributed by atoms with Crippen LogP contribution in [-0.4, -0.2) is 35.6 Å². The van der Waals surface area contributed by atoms with E-state index in [9.17, 15) is 19.5 Å². The van der Waals surface area contributed by atoms with Crippen molar-refractivity contribution >= 4 is 29.2 Å². The number of anilines is 2. The van der Waals surface area contributed by atoms with Gasteiger partial charge in [-0.15, -0.1) is 0 Å². The first-order valence-corrected chi connectivity index (χ1v) is 10.9. The molecule has 2 amide bonds. The van der Waals surface area contributed by atoms with Crippen LogP contribution in [0, 0.1) is 5.92 Å². The lowest BCUT2D eigenvalue weighted by Crippen LogP contribution is -2.37. The van der Waals surface area contributed by atoms with Gasteiger partial charge >= 0.3 is 5.97 Å². The van der Waals surface area contributed by atoms with Crippen molar-refractivity contribution in [3.05, 3.63) is 90.0 Å². The fourth-order valence-corrected chi connectivity index (χ4v) is 4.61. The lowest BCUT2D eigenvalue weighted by molar-refractivity contribution is -0.126. The van der Waals surface area contributed by atoms with Gasteiger partial charge in [-0.25, -0.2) is 14.8 Å². The van der Waals surface area contributed by atoms with Gasteiger partial charge in [-0.05, 0) is 42.8 Å². The molecular formula is C26H22N2O6. The lowest BCUT2D eigenvalue weighted by Gasteiger charge is -2.29.